The van der Waals surface area contributed by atoms with E-state index in [1.165, 1.54) is 12.1 Å². The monoisotopic (exact) mass is 459 g/mol. The van der Waals surface area contributed by atoms with Gasteiger partial charge in [0.1, 0.15) is 11.6 Å². The molecule has 0 radical (unpaired) electrons. The predicted molar refractivity (Wildman–Crippen MR) is 114 cm³/mol. The van der Waals surface area contributed by atoms with Gasteiger partial charge in [-0.2, -0.15) is 4.98 Å². The summed E-state index contributed by atoms with van der Waals surface area (Å²) < 4.78 is 0. The van der Waals surface area contributed by atoms with Gasteiger partial charge in [-0.15, -0.1) is 0 Å². The molecule has 0 aliphatic rings. The number of hydrogen-bond acceptors (Lipinski definition) is 8. The van der Waals surface area contributed by atoms with E-state index in [-0.39, 0.29) is 48.6 Å². The molecule has 0 aliphatic heterocycles. The van der Waals surface area contributed by atoms with Crippen molar-refractivity contribution < 1.29 is 34.2 Å². The van der Waals surface area contributed by atoms with Crippen molar-refractivity contribution in [3.8, 4) is 0 Å². The van der Waals surface area contributed by atoms with Gasteiger partial charge in [0.15, 0.2) is 11.6 Å². The van der Waals surface area contributed by atoms with Crippen LogP contribution in [0.5, 0.6) is 0 Å². The van der Waals surface area contributed by atoms with E-state index < -0.39 is 41.7 Å². The molecule has 1 unspecified atom stereocenters. The molecule has 13 nitrogen and oxygen atoms in total. The molecule has 13 heteroatoms. The van der Waals surface area contributed by atoms with Crippen molar-refractivity contribution in [3.05, 3.63) is 51.3 Å². The minimum atomic E-state index is -1.35. The molecule has 0 bridgehead atoms. The smallest absolute Gasteiger partial charge is 0.326 e. The molecule has 1 aromatic heterocycles. The van der Waals surface area contributed by atoms with Crippen LogP contribution in [0.4, 0.5) is 11.8 Å². The van der Waals surface area contributed by atoms with E-state index in [2.05, 4.69) is 20.6 Å². The Morgan fingerprint density at radius 2 is 1.79 bits per heavy atom. The summed E-state index contributed by atoms with van der Waals surface area (Å²) in [6.45, 7) is 0. The number of anilines is 2. The first-order valence-corrected chi connectivity index (χ1v) is 9.60. The van der Waals surface area contributed by atoms with Crippen molar-refractivity contribution in [2.24, 2.45) is 0 Å². The Labute approximate surface area is 186 Å². The number of nitrogens with two attached hydrogens (primary N) is 1. The SMILES string of the molecule is Nc1nc(NC=O)c(C(=O)CCc2ccc(C(=O)NC(CCC(=O)O)C(=O)O)cc2)c(=O)[nH]1. The summed E-state index contributed by atoms with van der Waals surface area (Å²) in [6, 6.07) is 4.58. The van der Waals surface area contributed by atoms with Crippen molar-refractivity contribution >= 4 is 41.8 Å². The number of aliphatic carboxylic acids is 2. The fourth-order valence-corrected chi connectivity index (χ4v) is 2.88. The van der Waals surface area contributed by atoms with Gasteiger partial charge in [0, 0.05) is 18.4 Å². The molecule has 1 aromatic carbocycles. The molecule has 7 N–H and O–H groups in total. The van der Waals surface area contributed by atoms with Crippen molar-refractivity contribution in [1.29, 1.82) is 0 Å². The summed E-state index contributed by atoms with van der Waals surface area (Å²) in [5.41, 5.74) is 5.07. The van der Waals surface area contributed by atoms with Gasteiger partial charge in [-0.25, -0.2) is 4.79 Å². The number of carboxylic acids is 2. The van der Waals surface area contributed by atoms with Crippen LogP contribution in [0.3, 0.4) is 0 Å². The number of carboxylic acid groups (broad SMARTS) is 2. The summed E-state index contributed by atoms with van der Waals surface area (Å²) in [5.74, 6) is -4.32. The Hall–Kier alpha value is -4.55. The average molecular weight is 459 g/mol. The molecule has 0 aliphatic carbocycles. The van der Waals surface area contributed by atoms with Gasteiger partial charge in [-0.1, -0.05) is 12.1 Å². The molecule has 2 amide bonds. The number of H-pyrrole nitrogens is 1. The Bertz CT molecular complexity index is 1130. The van der Waals surface area contributed by atoms with Gasteiger partial charge in [-0.05, 0) is 30.5 Å². The molecule has 0 saturated carbocycles. The van der Waals surface area contributed by atoms with Crippen LogP contribution in [0.1, 0.15) is 45.5 Å². The number of amides is 2. The number of nitrogen functional groups attached to an aromatic ring is 1. The quantitative estimate of drug-likeness (QED) is 0.181. The van der Waals surface area contributed by atoms with E-state index >= 15 is 0 Å². The number of aryl methyl sites for hydroxylation is 1. The second-order valence-corrected chi connectivity index (χ2v) is 6.85. The zero-order valence-electron chi connectivity index (χ0n) is 17.2. The summed E-state index contributed by atoms with van der Waals surface area (Å²) in [4.78, 5) is 75.3. The molecular weight excluding hydrogens is 438 g/mol. The van der Waals surface area contributed by atoms with Crippen LogP contribution in [0, 0.1) is 0 Å². The topological polar surface area (TPSA) is 222 Å². The lowest BCUT2D eigenvalue weighted by atomic mass is 10.0. The minimum absolute atomic E-state index is 0.107. The fraction of sp³-hybridized carbons (Fsp3) is 0.250. The highest BCUT2D eigenvalue weighted by Gasteiger charge is 2.22. The maximum absolute atomic E-state index is 12.5. The Morgan fingerprint density at radius 1 is 1.12 bits per heavy atom. The van der Waals surface area contributed by atoms with Crippen LogP contribution in [0.25, 0.3) is 0 Å². The molecule has 0 spiro atoms. The molecule has 0 fully saturated rings. The van der Waals surface area contributed by atoms with E-state index in [1.807, 2.05) is 0 Å². The van der Waals surface area contributed by atoms with Crippen molar-refractivity contribution in [2.45, 2.75) is 31.7 Å². The van der Waals surface area contributed by atoms with E-state index in [1.54, 1.807) is 12.1 Å². The highest BCUT2D eigenvalue weighted by molar-refractivity contribution is 6.01. The number of benzene rings is 1. The lowest BCUT2D eigenvalue weighted by Crippen LogP contribution is -2.41. The fourth-order valence-electron chi connectivity index (χ4n) is 2.88. The zero-order valence-corrected chi connectivity index (χ0v) is 17.2. The Morgan fingerprint density at radius 3 is 2.36 bits per heavy atom. The van der Waals surface area contributed by atoms with Crippen LogP contribution in [-0.2, 0) is 20.8 Å². The average Bonchev–Trinajstić information content (AvgIpc) is 2.74. The van der Waals surface area contributed by atoms with Gasteiger partial charge < -0.3 is 26.6 Å². The van der Waals surface area contributed by atoms with Crippen molar-refractivity contribution in [3.63, 3.8) is 0 Å². The van der Waals surface area contributed by atoms with E-state index in [4.69, 9.17) is 15.9 Å². The summed E-state index contributed by atoms with van der Waals surface area (Å²) in [5, 5.41) is 22.2. The number of ketones is 1. The molecule has 2 aromatic rings. The lowest BCUT2D eigenvalue weighted by molar-refractivity contribution is -0.140. The van der Waals surface area contributed by atoms with Gasteiger partial charge >= 0.3 is 11.9 Å². The van der Waals surface area contributed by atoms with Gasteiger partial charge in [-0.3, -0.25) is 29.0 Å². The number of aromatic amines is 1. The third-order valence-corrected chi connectivity index (χ3v) is 4.52. The second kappa shape index (κ2) is 11.2. The van der Waals surface area contributed by atoms with E-state index in [0.29, 0.717) is 5.56 Å². The predicted octanol–water partition coefficient (Wildman–Crippen LogP) is -0.216. The highest BCUT2D eigenvalue weighted by Crippen LogP contribution is 2.14. The number of nitrogens with zero attached hydrogens (tertiary/aromatic N) is 1. The van der Waals surface area contributed by atoms with Crippen LogP contribution in [0.15, 0.2) is 29.1 Å². The van der Waals surface area contributed by atoms with Crippen LogP contribution >= 0.6 is 0 Å². The summed E-state index contributed by atoms with van der Waals surface area (Å²) >= 11 is 0. The maximum atomic E-state index is 12.5. The first-order valence-electron chi connectivity index (χ1n) is 9.60. The summed E-state index contributed by atoms with van der Waals surface area (Å²) in [7, 11) is 0. The highest BCUT2D eigenvalue weighted by atomic mass is 16.4. The molecule has 2 rings (SSSR count). The van der Waals surface area contributed by atoms with Gasteiger partial charge in [0.2, 0.25) is 12.4 Å². The molecule has 1 heterocycles. The zero-order chi connectivity index (χ0) is 24.5. The molecular formula is C20H21N5O8. The molecule has 0 saturated heterocycles. The number of aromatic nitrogens is 2. The van der Waals surface area contributed by atoms with E-state index in [9.17, 15) is 28.8 Å². The molecule has 1 atom stereocenters. The molecule has 33 heavy (non-hydrogen) atoms. The molecule has 174 valence electrons. The number of carbonyl (C=O) groups is 5. The number of Topliss-reactive ketones (excluding diaryl/α,β-unsaturated/α-hetero) is 1. The first-order chi connectivity index (χ1) is 15.6. The van der Waals surface area contributed by atoms with Crippen LogP contribution < -0.4 is 21.9 Å². The Kier molecular flexibility index (Phi) is 8.37. The largest absolute Gasteiger partial charge is 0.481 e. The van der Waals surface area contributed by atoms with Crippen molar-refractivity contribution in [1.82, 2.24) is 15.3 Å². The minimum Gasteiger partial charge on any atom is -0.481 e. The summed E-state index contributed by atoms with van der Waals surface area (Å²) in [6.07, 6.45) is -0.332. The van der Waals surface area contributed by atoms with Crippen molar-refractivity contribution in [2.75, 3.05) is 11.1 Å². The third-order valence-electron chi connectivity index (χ3n) is 4.52. The normalized spacial score (nSPS) is 11.3. The van der Waals surface area contributed by atoms with Gasteiger partial charge in [0.05, 0.1) is 0 Å². The maximum Gasteiger partial charge on any atom is 0.326 e. The number of carbonyl (C=O) groups excluding carboxylic acids is 3. The van der Waals surface area contributed by atoms with Gasteiger partial charge in [0.25, 0.3) is 11.5 Å². The number of rotatable bonds is 12. The second-order valence-electron chi connectivity index (χ2n) is 6.85. The number of nitrogens with one attached hydrogen (secondary N) is 3. The standard InChI is InChI=1S/C20H21N5O8/c21-20-24-16(22-9-26)15(18(31)25-20)13(27)7-3-10-1-4-11(5-2-10)17(30)23-12(19(32)33)6-8-14(28)29/h1-2,4-5,9,12H,3,6-8H2,(H,23,30)(H,28,29)(H,32,33)(H4,21,22,24,25,26,31). The van der Waals surface area contributed by atoms with Crippen LogP contribution in [0.2, 0.25) is 0 Å². The first kappa shape index (κ1) is 24.7. The Balaban J connectivity index is 2.03. The van der Waals surface area contributed by atoms with Crippen LogP contribution in [-0.4, -0.2) is 56.3 Å². The third kappa shape index (κ3) is 6.99. The number of hydrogen-bond donors (Lipinski definition) is 6. The van der Waals surface area contributed by atoms with E-state index in [0.717, 1.165) is 0 Å². The lowest BCUT2D eigenvalue weighted by Gasteiger charge is -2.13.